The standard InChI is InChI=1S/C20H22BrNO6S/c1-5-15(23)22-19-16(20(25)28-7-3)17(24)14(29-19)10-11-8-12(21)18(26-4)13(9-11)27-6-2/h8-10,24H,5-7H2,1-4H3/b14-10-,22-19?. The molecule has 1 heterocycles. The van der Waals surface area contributed by atoms with Crippen LogP contribution in [-0.4, -0.2) is 42.4 Å². The van der Waals surface area contributed by atoms with Gasteiger partial charge in [-0.2, -0.15) is 0 Å². The summed E-state index contributed by atoms with van der Waals surface area (Å²) < 4.78 is 16.6. The van der Waals surface area contributed by atoms with E-state index in [0.717, 1.165) is 11.8 Å². The van der Waals surface area contributed by atoms with Gasteiger partial charge in [0.05, 0.1) is 29.7 Å². The molecule has 0 radical (unpaired) electrons. The first kappa shape index (κ1) is 23.0. The van der Waals surface area contributed by atoms with Crippen LogP contribution in [0.1, 0.15) is 32.8 Å². The lowest BCUT2D eigenvalue weighted by Crippen LogP contribution is -2.14. The van der Waals surface area contributed by atoms with Gasteiger partial charge >= 0.3 is 5.97 Å². The number of benzene rings is 1. The molecular weight excluding hydrogens is 462 g/mol. The van der Waals surface area contributed by atoms with Crippen molar-refractivity contribution < 1.29 is 28.9 Å². The topological polar surface area (TPSA) is 94.4 Å². The summed E-state index contributed by atoms with van der Waals surface area (Å²) in [6, 6.07) is 3.54. The molecule has 2 rings (SSSR count). The summed E-state index contributed by atoms with van der Waals surface area (Å²) in [5.74, 6) is -0.316. The quantitative estimate of drug-likeness (QED) is 0.563. The molecule has 0 aromatic heterocycles. The van der Waals surface area contributed by atoms with Crippen LogP contribution in [0.25, 0.3) is 6.08 Å². The molecule has 7 nitrogen and oxygen atoms in total. The number of aliphatic hydroxyl groups is 1. The molecule has 0 atom stereocenters. The molecular formula is C20H22BrNO6S. The molecule has 0 fully saturated rings. The van der Waals surface area contributed by atoms with Gasteiger partial charge in [-0.05, 0) is 53.5 Å². The maximum Gasteiger partial charge on any atom is 0.344 e. The van der Waals surface area contributed by atoms with Crippen LogP contribution in [0, 0.1) is 0 Å². The molecule has 0 spiro atoms. The Bertz CT molecular complexity index is 906. The number of methoxy groups -OCH3 is 1. The van der Waals surface area contributed by atoms with E-state index < -0.39 is 11.9 Å². The number of carbonyl (C=O) groups excluding carboxylic acids is 2. The Kier molecular flexibility index (Phi) is 8.33. The Morgan fingerprint density at radius 1 is 1.24 bits per heavy atom. The lowest BCUT2D eigenvalue weighted by molar-refractivity contribution is -0.138. The highest BCUT2D eigenvalue weighted by molar-refractivity contribution is 9.10. The smallest absolute Gasteiger partial charge is 0.344 e. The molecule has 156 valence electrons. The summed E-state index contributed by atoms with van der Waals surface area (Å²) in [5, 5.41) is 10.8. The van der Waals surface area contributed by atoms with Crippen LogP contribution in [0.3, 0.4) is 0 Å². The van der Waals surface area contributed by atoms with Gasteiger partial charge in [-0.3, -0.25) is 4.79 Å². The Labute approximate surface area is 181 Å². The zero-order chi connectivity index (χ0) is 21.6. The van der Waals surface area contributed by atoms with Gasteiger partial charge in [-0.15, -0.1) is 0 Å². The van der Waals surface area contributed by atoms with E-state index in [1.54, 1.807) is 39.2 Å². The number of nitrogens with zero attached hydrogens (tertiary/aromatic N) is 1. The first-order chi connectivity index (χ1) is 13.9. The molecule has 1 aromatic carbocycles. The number of esters is 1. The van der Waals surface area contributed by atoms with Crippen molar-refractivity contribution in [3.63, 3.8) is 0 Å². The van der Waals surface area contributed by atoms with E-state index in [0.29, 0.717) is 33.0 Å². The molecule has 0 bridgehead atoms. The summed E-state index contributed by atoms with van der Waals surface area (Å²) in [5.41, 5.74) is 0.587. The van der Waals surface area contributed by atoms with Crippen LogP contribution < -0.4 is 9.47 Å². The molecule has 1 aromatic rings. The molecule has 1 amide bonds. The first-order valence-electron chi connectivity index (χ1n) is 8.98. The van der Waals surface area contributed by atoms with Crippen LogP contribution in [0.2, 0.25) is 0 Å². The van der Waals surface area contributed by atoms with Crippen molar-refractivity contribution in [1.82, 2.24) is 0 Å². The third-order valence-electron chi connectivity index (χ3n) is 3.73. The molecule has 0 unspecified atom stereocenters. The van der Waals surface area contributed by atoms with E-state index in [1.165, 1.54) is 0 Å². The van der Waals surface area contributed by atoms with E-state index in [4.69, 9.17) is 14.2 Å². The minimum absolute atomic E-state index is 0.109. The van der Waals surface area contributed by atoms with Crippen molar-refractivity contribution in [3.05, 3.63) is 38.4 Å². The summed E-state index contributed by atoms with van der Waals surface area (Å²) in [4.78, 5) is 28.4. The molecule has 0 saturated heterocycles. The molecule has 1 N–H and O–H groups in total. The fraction of sp³-hybridized carbons (Fsp3) is 0.350. The zero-order valence-electron chi connectivity index (χ0n) is 16.6. The number of aliphatic imine (C=N–C) groups is 1. The van der Waals surface area contributed by atoms with Crippen molar-refractivity contribution in [2.45, 2.75) is 27.2 Å². The van der Waals surface area contributed by atoms with E-state index in [9.17, 15) is 14.7 Å². The Hall–Kier alpha value is -2.26. The molecule has 1 aliphatic heterocycles. The number of hydrogen-bond acceptors (Lipinski definition) is 7. The fourth-order valence-corrected chi connectivity index (χ4v) is 4.12. The van der Waals surface area contributed by atoms with E-state index in [2.05, 4.69) is 20.9 Å². The SMILES string of the molecule is CCOC(=O)C1=C(O)/C(=C/c2cc(Br)c(OC)c(OCC)c2)SC1=NC(=O)CC. The lowest BCUT2D eigenvalue weighted by Gasteiger charge is -2.12. The zero-order valence-corrected chi connectivity index (χ0v) is 19.0. The van der Waals surface area contributed by atoms with Crippen molar-refractivity contribution in [2.75, 3.05) is 20.3 Å². The predicted molar refractivity (Wildman–Crippen MR) is 116 cm³/mol. The molecule has 0 saturated carbocycles. The maximum absolute atomic E-state index is 12.3. The van der Waals surface area contributed by atoms with Gasteiger partial charge in [0.1, 0.15) is 16.4 Å². The lowest BCUT2D eigenvalue weighted by atomic mass is 10.1. The highest BCUT2D eigenvalue weighted by Gasteiger charge is 2.33. The van der Waals surface area contributed by atoms with Crippen LogP contribution in [0.15, 0.2) is 37.8 Å². The minimum atomic E-state index is -0.727. The van der Waals surface area contributed by atoms with Crippen LogP contribution in [0.5, 0.6) is 11.5 Å². The largest absolute Gasteiger partial charge is 0.506 e. The van der Waals surface area contributed by atoms with E-state index in [-0.39, 0.29) is 29.4 Å². The van der Waals surface area contributed by atoms with E-state index >= 15 is 0 Å². The molecule has 0 aliphatic carbocycles. The summed E-state index contributed by atoms with van der Waals surface area (Å²) in [6.07, 6.45) is 1.86. The molecule has 1 aliphatic rings. The number of carbonyl (C=O) groups is 2. The summed E-state index contributed by atoms with van der Waals surface area (Å²) in [7, 11) is 1.54. The number of aliphatic hydroxyl groups excluding tert-OH is 1. The van der Waals surface area contributed by atoms with E-state index in [1.807, 2.05) is 6.92 Å². The number of amides is 1. The molecule has 9 heteroatoms. The summed E-state index contributed by atoms with van der Waals surface area (Å²) >= 11 is 4.48. The average molecular weight is 484 g/mol. The van der Waals surface area contributed by atoms with Gasteiger partial charge in [0.25, 0.3) is 0 Å². The number of ether oxygens (including phenoxy) is 3. The van der Waals surface area contributed by atoms with Crippen molar-refractivity contribution >= 4 is 50.7 Å². The first-order valence-corrected chi connectivity index (χ1v) is 10.6. The number of thioether (sulfide) groups is 1. The van der Waals surface area contributed by atoms with Crippen molar-refractivity contribution in [1.29, 1.82) is 0 Å². The van der Waals surface area contributed by atoms with Crippen LogP contribution in [-0.2, 0) is 14.3 Å². The van der Waals surface area contributed by atoms with Gasteiger partial charge in [-0.25, -0.2) is 9.79 Å². The van der Waals surface area contributed by atoms with Gasteiger partial charge < -0.3 is 19.3 Å². The Morgan fingerprint density at radius 3 is 2.55 bits per heavy atom. The molecule has 29 heavy (non-hydrogen) atoms. The Balaban J connectivity index is 2.54. The van der Waals surface area contributed by atoms with Crippen molar-refractivity contribution in [3.8, 4) is 11.5 Å². The maximum atomic E-state index is 12.3. The third kappa shape index (κ3) is 5.42. The monoisotopic (exact) mass is 483 g/mol. The summed E-state index contributed by atoms with van der Waals surface area (Å²) in [6.45, 7) is 5.77. The highest BCUT2D eigenvalue weighted by Crippen LogP contribution is 2.41. The van der Waals surface area contributed by atoms with Crippen LogP contribution >= 0.6 is 27.7 Å². The fourth-order valence-electron chi connectivity index (χ4n) is 2.47. The highest BCUT2D eigenvalue weighted by atomic mass is 79.9. The minimum Gasteiger partial charge on any atom is -0.506 e. The van der Waals surface area contributed by atoms with Gasteiger partial charge in [0.2, 0.25) is 5.91 Å². The second kappa shape index (κ2) is 10.5. The Morgan fingerprint density at radius 2 is 1.97 bits per heavy atom. The second-order valence-corrected chi connectivity index (χ2v) is 7.57. The average Bonchev–Trinajstić information content (AvgIpc) is 2.97. The van der Waals surface area contributed by atoms with Gasteiger partial charge in [0.15, 0.2) is 11.5 Å². The van der Waals surface area contributed by atoms with Gasteiger partial charge in [0, 0.05) is 6.42 Å². The number of hydrogen-bond donors (Lipinski definition) is 1. The third-order valence-corrected chi connectivity index (χ3v) is 5.34. The number of rotatable bonds is 7. The van der Waals surface area contributed by atoms with Crippen molar-refractivity contribution in [2.24, 2.45) is 4.99 Å². The normalized spacial score (nSPS) is 16.4. The van der Waals surface area contributed by atoms with Gasteiger partial charge in [-0.1, -0.05) is 18.7 Å². The predicted octanol–water partition coefficient (Wildman–Crippen LogP) is 4.65. The van der Waals surface area contributed by atoms with Crippen LogP contribution in [0.4, 0.5) is 0 Å². The second-order valence-electron chi connectivity index (χ2n) is 5.69. The number of halogens is 1.